The predicted octanol–water partition coefficient (Wildman–Crippen LogP) is 1.83. The molecule has 0 spiro atoms. The molecular formula is C16H21N3O2. The van der Waals surface area contributed by atoms with Gasteiger partial charge in [-0.3, -0.25) is 14.2 Å². The van der Waals surface area contributed by atoms with Gasteiger partial charge in [-0.25, -0.2) is 4.98 Å². The van der Waals surface area contributed by atoms with Crippen molar-refractivity contribution in [1.29, 1.82) is 0 Å². The van der Waals surface area contributed by atoms with E-state index in [1.54, 1.807) is 11.0 Å². The monoisotopic (exact) mass is 287 g/mol. The third-order valence-corrected chi connectivity index (χ3v) is 3.67. The van der Waals surface area contributed by atoms with Crippen molar-refractivity contribution < 1.29 is 4.79 Å². The van der Waals surface area contributed by atoms with Gasteiger partial charge in [0.25, 0.3) is 5.56 Å². The molecule has 112 valence electrons. The van der Waals surface area contributed by atoms with Gasteiger partial charge >= 0.3 is 0 Å². The highest BCUT2D eigenvalue weighted by molar-refractivity contribution is 5.79. The number of hydrogen-bond acceptors (Lipinski definition) is 3. The number of aryl methyl sites for hydroxylation is 1. The summed E-state index contributed by atoms with van der Waals surface area (Å²) in [6.07, 6.45) is 0.617. The molecule has 1 aromatic carbocycles. The zero-order valence-electron chi connectivity index (χ0n) is 12.8. The Morgan fingerprint density at radius 2 is 1.86 bits per heavy atom. The van der Waals surface area contributed by atoms with Crippen molar-refractivity contribution in [1.82, 2.24) is 14.5 Å². The van der Waals surface area contributed by atoms with Crippen LogP contribution in [0.2, 0.25) is 0 Å². The summed E-state index contributed by atoms with van der Waals surface area (Å²) in [5.41, 5.74) is 0.545. The summed E-state index contributed by atoms with van der Waals surface area (Å²) in [6, 6.07) is 7.25. The number of carbonyl (C=O) groups excluding carboxylic acids is 1. The van der Waals surface area contributed by atoms with Crippen LogP contribution in [0, 0.1) is 0 Å². The van der Waals surface area contributed by atoms with E-state index in [0.29, 0.717) is 36.2 Å². The van der Waals surface area contributed by atoms with Crippen molar-refractivity contribution in [2.75, 3.05) is 13.1 Å². The van der Waals surface area contributed by atoms with Crippen LogP contribution in [-0.4, -0.2) is 33.4 Å². The highest BCUT2D eigenvalue weighted by Gasteiger charge is 2.15. The summed E-state index contributed by atoms with van der Waals surface area (Å²) < 4.78 is 1.50. The smallest absolute Gasteiger partial charge is 0.261 e. The van der Waals surface area contributed by atoms with Crippen LogP contribution in [0.1, 0.15) is 26.6 Å². The first kappa shape index (κ1) is 15.2. The second kappa shape index (κ2) is 6.52. The van der Waals surface area contributed by atoms with Gasteiger partial charge in [0, 0.05) is 19.5 Å². The van der Waals surface area contributed by atoms with E-state index in [4.69, 9.17) is 0 Å². The van der Waals surface area contributed by atoms with E-state index in [2.05, 4.69) is 4.98 Å². The molecule has 0 bridgehead atoms. The van der Waals surface area contributed by atoms with Crippen molar-refractivity contribution in [2.45, 2.75) is 33.7 Å². The Balaban J connectivity index is 2.50. The van der Waals surface area contributed by atoms with Crippen LogP contribution in [0.15, 0.2) is 29.1 Å². The number of hydrogen-bond donors (Lipinski definition) is 0. The summed E-state index contributed by atoms with van der Waals surface area (Å²) in [4.78, 5) is 31.1. The fourth-order valence-corrected chi connectivity index (χ4v) is 2.46. The molecule has 5 heteroatoms. The van der Waals surface area contributed by atoms with Gasteiger partial charge in [0.1, 0.15) is 12.4 Å². The molecule has 0 saturated heterocycles. The second-order valence-electron chi connectivity index (χ2n) is 4.86. The molecular weight excluding hydrogens is 266 g/mol. The van der Waals surface area contributed by atoms with Crippen LogP contribution in [0.4, 0.5) is 0 Å². The fraction of sp³-hybridized carbons (Fsp3) is 0.438. The number of fused-ring (bicyclic) bond motifs is 1. The lowest BCUT2D eigenvalue weighted by atomic mass is 10.2. The fourth-order valence-electron chi connectivity index (χ4n) is 2.46. The van der Waals surface area contributed by atoms with Crippen LogP contribution in [-0.2, 0) is 17.8 Å². The molecule has 0 fully saturated rings. The largest absolute Gasteiger partial charge is 0.342 e. The maximum Gasteiger partial charge on any atom is 0.261 e. The van der Waals surface area contributed by atoms with E-state index in [-0.39, 0.29) is 18.0 Å². The molecule has 0 unspecified atom stereocenters. The Morgan fingerprint density at radius 1 is 1.19 bits per heavy atom. The van der Waals surface area contributed by atoms with Crippen LogP contribution in [0.3, 0.4) is 0 Å². The van der Waals surface area contributed by atoms with Gasteiger partial charge in [0.05, 0.1) is 10.9 Å². The summed E-state index contributed by atoms with van der Waals surface area (Å²) >= 11 is 0. The molecule has 1 heterocycles. The molecule has 0 atom stereocenters. The first-order chi connectivity index (χ1) is 10.1. The minimum absolute atomic E-state index is 0.0473. The lowest BCUT2D eigenvalue weighted by Gasteiger charge is -2.20. The van der Waals surface area contributed by atoms with Gasteiger partial charge < -0.3 is 4.90 Å². The molecule has 0 radical (unpaired) electrons. The van der Waals surface area contributed by atoms with Crippen molar-refractivity contribution in [3.05, 3.63) is 40.4 Å². The maximum atomic E-state index is 12.6. The summed E-state index contributed by atoms with van der Waals surface area (Å²) in [5.74, 6) is 0.605. The van der Waals surface area contributed by atoms with Crippen LogP contribution >= 0.6 is 0 Å². The molecule has 1 amide bonds. The van der Waals surface area contributed by atoms with E-state index in [1.165, 1.54) is 4.57 Å². The molecule has 0 aliphatic heterocycles. The number of aromatic nitrogens is 2. The van der Waals surface area contributed by atoms with Gasteiger partial charge in [0.2, 0.25) is 5.91 Å². The van der Waals surface area contributed by atoms with Gasteiger partial charge in [-0.15, -0.1) is 0 Å². The molecule has 2 aromatic rings. The Labute approximate surface area is 124 Å². The zero-order valence-corrected chi connectivity index (χ0v) is 12.8. The van der Waals surface area contributed by atoms with Gasteiger partial charge in [0.15, 0.2) is 0 Å². The summed E-state index contributed by atoms with van der Waals surface area (Å²) in [7, 11) is 0. The number of benzene rings is 1. The first-order valence-electron chi connectivity index (χ1n) is 7.38. The minimum atomic E-state index is -0.141. The van der Waals surface area contributed by atoms with Gasteiger partial charge in [-0.2, -0.15) is 0 Å². The lowest BCUT2D eigenvalue weighted by Crippen LogP contribution is -2.37. The quantitative estimate of drug-likeness (QED) is 0.843. The molecule has 0 N–H and O–H groups in total. The molecule has 1 aromatic heterocycles. The first-order valence-corrected chi connectivity index (χ1v) is 7.38. The summed E-state index contributed by atoms with van der Waals surface area (Å²) in [6.45, 7) is 7.16. The van der Waals surface area contributed by atoms with E-state index in [1.807, 2.05) is 39.0 Å². The molecule has 0 aliphatic carbocycles. The summed E-state index contributed by atoms with van der Waals surface area (Å²) in [5, 5.41) is 0.557. The number of rotatable bonds is 5. The molecule has 2 rings (SSSR count). The normalized spacial score (nSPS) is 10.8. The highest BCUT2D eigenvalue weighted by atomic mass is 16.2. The minimum Gasteiger partial charge on any atom is -0.342 e. The number of amides is 1. The number of carbonyl (C=O) groups is 1. The lowest BCUT2D eigenvalue weighted by molar-refractivity contribution is -0.131. The Bertz CT molecular complexity index is 702. The number of likely N-dealkylation sites (N-methyl/N-ethyl adjacent to an activating group) is 1. The standard InChI is InChI=1S/C16H21N3O2/c1-4-14-17-13-10-8-7-9-12(13)16(21)19(14)11-15(20)18(5-2)6-3/h7-10H,4-6,11H2,1-3H3. The average Bonchev–Trinajstić information content (AvgIpc) is 2.51. The molecule has 5 nitrogen and oxygen atoms in total. The predicted molar refractivity (Wildman–Crippen MR) is 83.3 cm³/mol. The Morgan fingerprint density at radius 3 is 2.48 bits per heavy atom. The van der Waals surface area contributed by atoms with E-state index < -0.39 is 0 Å². The third kappa shape index (κ3) is 2.96. The SMILES string of the molecule is CCc1nc2ccccc2c(=O)n1CC(=O)N(CC)CC. The van der Waals surface area contributed by atoms with Crippen molar-refractivity contribution in [3.63, 3.8) is 0 Å². The Hall–Kier alpha value is -2.17. The number of nitrogens with zero attached hydrogens (tertiary/aromatic N) is 3. The van der Waals surface area contributed by atoms with Crippen molar-refractivity contribution >= 4 is 16.8 Å². The average molecular weight is 287 g/mol. The number of para-hydroxylation sites is 1. The highest BCUT2D eigenvalue weighted by Crippen LogP contribution is 2.08. The maximum absolute atomic E-state index is 12.6. The molecule has 0 saturated carbocycles. The third-order valence-electron chi connectivity index (χ3n) is 3.67. The second-order valence-corrected chi connectivity index (χ2v) is 4.86. The Kier molecular flexibility index (Phi) is 4.73. The van der Waals surface area contributed by atoms with Crippen LogP contribution < -0.4 is 5.56 Å². The van der Waals surface area contributed by atoms with E-state index in [0.717, 1.165) is 0 Å². The van der Waals surface area contributed by atoms with Crippen LogP contribution in [0.25, 0.3) is 10.9 Å². The van der Waals surface area contributed by atoms with Crippen molar-refractivity contribution in [2.24, 2.45) is 0 Å². The zero-order chi connectivity index (χ0) is 15.4. The van der Waals surface area contributed by atoms with E-state index >= 15 is 0 Å². The topological polar surface area (TPSA) is 55.2 Å². The van der Waals surface area contributed by atoms with Gasteiger partial charge in [-0.1, -0.05) is 19.1 Å². The van der Waals surface area contributed by atoms with Crippen LogP contribution in [0.5, 0.6) is 0 Å². The van der Waals surface area contributed by atoms with Crippen molar-refractivity contribution in [3.8, 4) is 0 Å². The van der Waals surface area contributed by atoms with E-state index in [9.17, 15) is 9.59 Å². The molecule has 0 aliphatic rings. The van der Waals surface area contributed by atoms with Gasteiger partial charge in [-0.05, 0) is 26.0 Å². The molecule has 21 heavy (non-hydrogen) atoms.